The van der Waals surface area contributed by atoms with Gasteiger partial charge in [-0.05, 0) is 23.4 Å². The maximum absolute atomic E-state index is 12.5. The SMILES string of the molecule is CC(C)C(C)CNc1cc(C(F)(F)F)nc(Cl)n1. The fraction of sp³-hybridized carbons (Fsp3) is 0.636. The van der Waals surface area contributed by atoms with E-state index in [1.54, 1.807) is 0 Å². The van der Waals surface area contributed by atoms with Crippen LogP contribution < -0.4 is 5.32 Å². The monoisotopic (exact) mass is 281 g/mol. The predicted octanol–water partition coefficient (Wildman–Crippen LogP) is 3.85. The van der Waals surface area contributed by atoms with Crippen molar-refractivity contribution in [1.82, 2.24) is 9.97 Å². The van der Waals surface area contributed by atoms with Gasteiger partial charge in [0, 0.05) is 12.6 Å². The van der Waals surface area contributed by atoms with Crippen LogP contribution in [-0.4, -0.2) is 16.5 Å². The van der Waals surface area contributed by atoms with Crippen LogP contribution in [0.1, 0.15) is 26.5 Å². The molecule has 1 aromatic heterocycles. The van der Waals surface area contributed by atoms with Crippen LogP contribution in [0.25, 0.3) is 0 Å². The topological polar surface area (TPSA) is 37.8 Å². The summed E-state index contributed by atoms with van der Waals surface area (Å²) in [6.45, 7) is 6.62. The third-order valence-corrected chi connectivity index (χ3v) is 2.90. The summed E-state index contributed by atoms with van der Waals surface area (Å²) in [5.74, 6) is 0.833. The summed E-state index contributed by atoms with van der Waals surface area (Å²) < 4.78 is 37.5. The van der Waals surface area contributed by atoms with E-state index in [1.807, 2.05) is 20.8 Å². The van der Waals surface area contributed by atoms with Gasteiger partial charge in [-0.25, -0.2) is 9.97 Å². The lowest BCUT2D eigenvalue weighted by atomic mass is 9.98. The summed E-state index contributed by atoms with van der Waals surface area (Å²) in [5.41, 5.74) is -1.04. The number of nitrogens with one attached hydrogen (secondary N) is 1. The van der Waals surface area contributed by atoms with E-state index in [-0.39, 0.29) is 5.82 Å². The molecule has 0 fully saturated rings. The van der Waals surface area contributed by atoms with Crippen LogP contribution in [0.4, 0.5) is 19.0 Å². The molecule has 0 spiro atoms. The number of hydrogen-bond acceptors (Lipinski definition) is 3. The van der Waals surface area contributed by atoms with E-state index in [9.17, 15) is 13.2 Å². The number of anilines is 1. The molecule has 0 radical (unpaired) electrons. The molecule has 1 aromatic rings. The van der Waals surface area contributed by atoms with Crippen molar-refractivity contribution in [3.05, 3.63) is 17.0 Å². The zero-order valence-electron chi connectivity index (χ0n) is 10.3. The highest BCUT2D eigenvalue weighted by Crippen LogP contribution is 2.29. The zero-order valence-corrected chi connectivity index (χ0v) is 11.1. The molecular weight excluding hydrogens is 267 g/mol. The van der Waals surface area contributed by atoms with Crippen LogP contribution in [0.15, 0.2) is 6.07 Å². The van der Waals surface area contributed by atoms with E-state index in [2.05, 4.69) is 15.3 Å². The van der Waals surface area contributed by atoms with Crippen molar-refractivity contribution in [2.24, 2.45) is 11.8 Å². The maximum Gasteiger partial charge on any atom is 0.433 e. The van der Waals surface area contributed by atoms with Gasteiger partial charge in [0.15, 0.2) is 5.69 Å². The molecule has 1 heterocycles. The molecule has 1 N–H and O–H groups in total. The van der Waals surface area contributed by atoms with Gasteiger partial charge in [0.05, 0.1) is 0 Å². The second-order valence-electron chi connectivity index (χ2n) is 4.51. The first-order chi connectivity index (χ1) is 8.20. The minimum absolute atomic E-state index is 0.0924. The van der Waals surface area contributed by atoms with E-state index < -0.39 is 17.2 Å². The average molecular weight is 282 g/mol. The normalized spacial score (nSPS) is 13.8. The van der Waals surface area contributed by atoms with E-state index >= 15 is 0 Å². The molecule has 1 unspecified atom stereocenters. The van der Waals surface area contributed by atoms with Crippen molar-refractivity contribution < 1.29 is 13.2 Å². The molecule has 1 atom stereocenters. The molecule has 0 saturated heterocycles. The van der Waals surface area contributed by atoms with Crippen molar-refractivity contribution >= 4 is 17.4 Å². The summed E-state index contributed by atoms with van der Waals surface area (Å²) in [7, 11) is 0. The number of aromatic nitrogens is 2. The molecule has 102 valence electrons. The summed E-state index contributed by atoms with van der Waals surface area (Å²) in [6.07, 6.45) is -4.52. The number of nitrogens with zero attached hydrogens (tertiary/aromatic N) is 2. The predicted molar refractivity (Wildman–Crippen MR) is 64.5 cm³/mol. The summed E-state index contributed by atoms with van der Waals surface area (Å²) >= 11 is 5.47. The van der Waals surface area contributed by atoms with E-state index in [0.717, 1.165) is 6.07 Å². The number of alkyl halides is 3. The van der Waals surface area contributed by atoms with Gasteiger partial charge in [0.1, 0.15) is 5.82 Å². The molecular formula is C11H15ClF3N3. The van der Waals surface area contributed by atoms with E-state index in [0.29, 0.717) is 18.4 Å². The smallest absolute Gasteiger partial charge is 0.370 e. The standard InChI is InChI=1S/C11H15ClF3N3/c1-6(2)7(3)5-16-9-4-8(11(13,14)15)17-10(12)18-9/h4,6-7H,5H2,1-3H3,(H,16,17,18). The van der Waals surface area contributed by atoms with Crippen LogP contribution in [-0.2, 0) is 6.18 Å². The Morgan fingerprint density at radius 1 is 1.28 bits per heavy atom. The fourth-order valence-electron chi connectivity index (χ4n) is 1.15. The highest BCUT2D eigenvalue weighted by atomic mass is 35.5. The molecule has 18 heavy (non-hydrogen) atoms. The zero-order chi connectivity index (χ0) is 13.9. The van der Waals surface area contributed by atoms with Crippen molar-refractivity contribution in [2.45, 2.75) is 26.9 Å². The Kier molecular flexibility index (Phi) is 4.78. The van der Waals surface area contributed by atoms with Gasteiger partial charge in [0.2, 0.25) is 5.28 Å². The largest absolute Gasteiger partial charge is 0.433 e. The first-order valence-electron chi connectivity index (χ1n) is 5.55. The van der Waals surface area contributed by atoms with Gasteiger partial charge >= 0.3 is 6.18 Å². The van der Waals surface area contributed by atoms with Crippen molar-refractivity contribution in [3.63, 3.8) is 0 Å². The second-order valence-corrected chi connectivity index (χ2v) is 4.85. The molecule has 0 amide bonds. The first-order valence-corrected chi connectivity index (χ1v) is 5.93. The Morgan fingerprint density at radius 2 is 1.89 bits per heavy atom. The Balaban J connectivity index is 2.81. The molecule has 0 bridgehead atoms. The number of hydrogen-bond donors (Lipinski definition) is 1. The maximum atomic E-state index is 12.5. The van der Waals surface area contributed by atoms with Crippen LogP contribution >= 0.6 is 11.6 Å². The Hall–Kier alpha value is -1.04. The van der Waals surface area contributed by atoms with Gasteiger partial charge in [-0.1, -0.05) is 20.8 Å². The van der Waals surface area contributed by atoms with Crippen molar-refractivity contribution in [3.8, 4) is 0 Å². The Labute approximate surface area is 109 Å². The summed E-state index contributed by atoms with van der Waals surface area (Å²) in [6, 6.07) is 0.860. The quantitative estimate of drug-likeness (QED) is 0.852. The minimum Gasteiger partial charge on any atom is -0.370 e. The van der Waals surface area contributed by atoms with Crippen LogP contribution in [0.3, 0.4) is 0 Å². The molecule has 7 heteroatoms. The molecule has 0 saturated carbocycles. The molecule has 0 aliphatic carbocycles. The minimum atomic E-state index is -4.52. The average Bonchev–Trinajstić information content (AvgIpc) is 2.23. The van der Waals surface area contributed by atoms with E-state index in [4.69, 9.17) is 11.6 Å². The molecule has 3 nitrogen and oxygen atoms in total. The second kappa shape index (κ2) is 5.73. The van der Waals surface area contributed by atoms with Crippen molar-refractivity contribution in [1.29, 1.82) is 0 Å². The molecule has 0 aliphatic rings. The van der Waals surface area contributed by atoms with Gasteiger partial charge in [0.25, 0.3) is 0 Å². The van der Waals surface area contributed by atoms with Crippen LogP contribution in [0.2, 0.25) is 5.28 Å². The summed E-state index contributed by atoms with van der Waals surface area (Å²) in [4.78, 5) is 6.88. The lowest BCUT2D eigenvalue weighted by molar-refractivity contribution is -0.141. The molecule has 0 aromatic carbocycles. The van der Waals surface area contributed by atoms with Gasteiger partial charge in [-0.15, -0.1) is 0 Å². The lowest BCUT2D eigenvalue weighted by Gasteiger charge is -2.17. The van der Waals surface area contributed by atoms with Crippen LogP contribution in [0.5, 0.6) is 0 Å². The highest BCUT2D eigenvalue weighted by Gasteiger charge is 2.33. The third-order valence-electron chi connectivity index (χ3n) is 2.73. The number of rotatable bonds is 4. The van der Waals surface area contributed by atoms with Gasteiger partial charge in [-0.3, -0.25) is 0 Å². The lowest BCUT2D eigenvalue weighted by Crippen LogP contribution is -2.18. The third kappa shape index (κ3) is 4.33. The Morgan fingerprint density at radius 3 is 2.39 bits per heavy atom. The van der Waals surface area contributed by atoms with Crippen LogP contribution in [0, 0.1) is 11.8 Å². The van der Waals surface area contributed by atoms with E-state index in [1.165, 1.54) is 0 Å². The van der Waals surface area contributed by atoms with Gasteiger partial charge in [-0.2, -0.15) is 13.2 Å². The Bertz CT molecular complexity index is 407. The number of halogens is 4. The fourth-order valence-corrected chi connectivity index (χ4v) is 1.34. The highest BCUT2D eigenvalue weighted by molar-refractivity contribution is 6.28. The van der Waals surface area contributed by atoms with Gasteiger partial charge < -0.3 is 5.32 Å². The van der Waals surface area contributed by atoms with Crippen molar-refractivity contribution in [2.75, 3.05) is 11.9 Å². The first kappa shape index (κ1) is 15.0. The molecule has 1 rings (SSSR count). The summed E-state index contributed by atoms with van der Waals surface area (Å²) in [5, 5.41) is 2.43. The molecule has 0 aliphatic heterocycles.